The summed E-state index contributed by atoms with van der Waals surface area (Å²) >= 11 is 0.989. The molecular formula is C17H17N3O3S2. The van der Waals surface area contributed by atoms with Gasteiger partial charge in [0.2, 0.25) is 10.0 Å². The molecule has 0 amide bonds. The van der Waals surface area contributed by atoms with Gasteiger partial charge in [0.15, 0.2) is 0 Å². The van der Waals surface area contributed by atoms with Gasteiger partial charge in [0.1, 0.15) is 16.3 Å². The Morgan fingerprint density at radius 3 is 2.60 bits per heavy atom. The van der Waals surface area contributed by atoms with Gasteiger partial charge in [-0.15, -0.1) is 0 Å². The maximum Gasteiger partial charge on any atom is 0.242 e. The van der Waals surface area contributed by atoms with E-state index in [1.165, 1.54) is 6.07 Å². The molecule has 8 heteroatoms. The first-order valence-electron chi connectivity index (χ1n) is 7.96. The van der Waals surface area contributed by atoms with Crippen LogP contribution in [-0.4, -0.2) is 20.1 Å². The molecule has 25 heavy (non-hydrogen) atoms. The minimum Gasteiger partial charge on any atom is -0.388 e. The number of hydrogen-bond acceptors (Lipinski definition) is 5. The summed E-state index contributed by atoms with van der Waals surface area (Å²) in [6, 6.07) is 14.3. The zero-order chi connectivity index (χ0) is 17.5. The summed E-state index contributed by atoms with van der Waals surface area (Å²) in [5.74, 6) is 0. The number of nitrogens with zero attached hydrogens (tertiary/aromatic N) is 2. The Morgan fingerprint density at radius 2 is 1.88 bits per heavy atom. The summed E-state index contributed by atoms with van der Waals surface area (Å²) in [5.41, 5.74) is 1.32. The van der Waals surface area contributed by atoms with E-state index in [9.17, 15) is 13.5 Å². The molecule has 2 aliphatic rings. The third kappa shape index (κ3) is 3.06. The third-order valence-electron chi connectivity index (χ3n) is 4.74. The highest BCUT2D eigenvalue weighted by atomic mass is 32.2. The lowest BCUT2D eigenvalue weighted by molar-refractivity contribution is 0.0953. The molecule has 2 N–H and O–H groups in total. The normalized spacial score (nSPS) is 18.4. The first kappa shape index (κ1) is 16.6. The van der Waals surface area contributed by atoms with Gasteiger partial charge in [-0.3, -0.25) is 0 Å². The molecule has 1 atom stereocenters. The second-order valence-corrected chi connectivity index (χ2v) is 8.65. The van der Waals surface area contributed by atoms with Crippen molar-refractivity contribution in [2.75, 3.05) is 6.54 Å². The number of sulfonamides is 1. The van der Waals surface area contributed by atoms with Gasteiger partial charge < -0.3 is 5.11 Å². The highest BCUT2D eigenvalue weighted by Crippen LogP contribution is 2.54. The van der Waals surface area contributed by atoms with Crippen molar-refractivity contribution < 1.29 is 13.5 Å². The molecule has 6 nitrogen and oxygen atoms in total. The molecule has 130 valence electrons. The molecule has 1 heterocycles. The Balaban J connectivity index is 1.53. The van der Waals surface area contributed by atoms with Gasteiger partial charge in [0.25, 0.3) is 0 Å². The molecule has 1 saturated carbocycles. The summed E-state index contributed by atoms with van der Waals surface area (Å²) in [7, 11) is -3.72. The minimum absolute atomic E-state index is 0.128. The zero-order valence-electron chi connectivity index (χ0n) is 13.3. The average molecular weight is 375 g/mol. The standard InChI is InChI=1S/C17H17N3O3S2/c21-16(12-5-2-1-3-6-12)17(9-10-17)11-18-25(22,23)14-8-4-7-13-15(14)20-24-19-13/h1-8,16,18,21H,9-11H2/t16-/m0/s1. The quantitative estimate of drug-likeness (QED) is 0.693. The summed E-state index contributed by atoms with van der Waals surface area (Å²) in [6.45, 7) is 0.194. The van der Waals surface area contributed by atoms with Crippen LogP contribution in [0.15, 0.2) is 62.2 Å². The van der Waals surface area contributed by atoms with Crippen LogP contribution in [0.5, 0.6) is 0 Å². The summed E-state index contributed by atoms with van der Waals surface area (Å²) < 4.78 is 36.3. The van der Waals surface area contributed by atoms with Gasteiger partial charge in [-0.05, 0) is 30.5 Å². The maximum absolute atomic E-state index is 12.7. The number of fused-ring (bicyclic) bond motifs is 1. The van der Waals surface area contributed by atoms with Crippen molar-refractivity contribution in [3.05, 3.63) is 54.1 Å². The van der Waals surface area contributed by atoms with Crippen molar-refractivity contribution in [1.82, 2.24) is 4.72 Å². The molecule has 2 aromatic carbocycles. The predicted molar refractivity (Wildman–Crippen MR) is 96.2 cm³/mol. The van der Waals surface area contributed by atoms with E-state index >= 15 is 0 Å². The van der Waals surface area contributed by atoms with Gasteiger partial charge >= 0.3 is 0 Å². The second kappa shape index (κ2) is 6.14. The van der Waals surface area contributed by atoms with Crippen LogP contribution in [0.25, 0.3) is 0 Å². The van der Waals surface area contributed by atoms with E-state index in [1.807, 2.05) is 30.3 Å². The molecule has 0 aromatic heterocycles. The van der Waals surface area contributed by atoms with Gasteiger partial charge in [-0.1, -0.05) is 36.4 Å². The first-order chi connectivity index (χ1) is 12.0. The highest BCUT2D eigenvalue weighted by molar-refractivity contribution is 7.89. The number of benzene rings is 2. The number of rotatable bonds is 6. The van der Waals surface area contributed by atoms with E-state index < -0.39 is 21.5 Å². The monoisotopic (exact) mass is 375 g/mol. The first-order valence-corrected chi connectivity index (χ1v) is 10.2. The van der Waals surface area contributed by atoms with E-state index in [4.69, 9.17) is 0 Å². The Hall–Kier alpha value is -1.87. The van der Waals surface area contributed by atoms with Gasteiger partial charge in [-0.2, -0.15) is 8.73 Å². The smallest absolute Gasteiger partial charge is 0.242 e. The maximum atomic E-state index is 12.7. The van der Waals surface area contributed by atoms with Crippen molar-refractivity contribution in [2.24, 2.45) is 14.1 Å². The minimum atomic E-state index is -3.72. The molecule has 1 aliphatic heterocycles. The molecule has 0 spiro atoms. The van der Waals surface area contributed by atoms with Gasteiger partial charge in [0, 0.05) is 12.0 Å². The Morgan fingerprint density at radius 1 is 1.12 bits per heavy atom. The van der Waals surface area contributed by atoms with Crippen molar-refractivity contribution in [3.8, 4) is 0 Å². The average Bonchev–Trinajstić information content (AvgIpc) is 3.28. The summed E-state index contributed by atoms with van der Waals surface area (Å²) in [5, 5.41) is 10.7. The molecule has 4 rings (SSSR count). The van der Waals surface area contributed by atoms with Gasteiger partial charge in [-0.25, -0.2) is 13.1 Å². The number of aliphatic hydroxyl groups excluding tert-OH is 1. The van der Waals surface area contributed by atoms with Crippen molar-refractivity contribution >= 4 is 32.8 Å². The van der Waals surface area contributed by atoms with Gasteiger partial charge in [0.05, 0.1) is 17.5 Å². The number of aliphatic hydroxyl groups is 1. The van der Waals surface area contributed by atoms with Crippen molar-refractivity contribution in [1.29, 1.82) is 0 Å². The Labute approximate surface area is 149 Å². The van der Waals surface area contributed by atoms with Crippen molar-refractivity contribution in [2.45, 2.75) is 23.8 Å². The fraction of sp³-hybridized carbons (Fsp3) is 0.294. The molecular weight excluding hydrogens is 358 g/mol. The van der Waals surface area contributed by atoms with Crippen LogP contribution in [-0.2, 0) is 21.4 Å². The topological polar surface area (TPSA) is 91.1 Å². The van der Waals surface area contributed by atoms with Crippen LogP contribution in [0.2, 0.25) is 0 Å². The lowest BCUT2D eigenvalue weighted by atomic mass is 9.93. The molecule has 0 radical (unpaired) electrons. The fourth-order valence-corrected chi connectivity index (χ4v) is 4.91. The molecule has 1 aliphatic carbocycles. The molecule has 1 fully saturated rings. The number of nitrogens with one attached hydrogen (secondary N) is 1. The highest BCUT2D eigenvalue weighted by Gasteiger charge is 2.50. The fourth-order valence-electron chi connectivity index (χ4n) is 3.01. The third-order valence-corrected chi connectivity index (χ3v) is 6.72. The second-order valence-electron chi connectivity index (χ2n) is 6.39. The van der Waals surface area contributed by atoms with E-state index in [2.05, 4.69) is 13.4 Å². The van der Waals surface area contributed by atoms with E-state index in [1.54, 1.807) is 12.1 Å². The van der Waals surface area contributed by atoms with Crippen LogP contribution in [0.1, 0.15) is 24.5 Å². The van der Waals surface area contributed by atoms with Crippen LogP contribution in [0, 0.1) is 5.41 Å². The lowest BCUT2D eigenvalue weighted by Gasteiger charge is -2.23. The summed E-state index contributed by atoms with van der Waals surface area (Å²) in [6.07, 6.45) is 0.885. The summed E-state index contributed by atoms with van der Waals surface area (Å²) in [4.78, 5) is 0.128. The number of hydrogen-bond donors (Lipinski definition) is 2. The van der Waals surface area contributed by atoms with E-state index in [0.717, 1.165) is 29.8 Å². The van der Waals surface area contributed by atoms with Crippen LogP contribution in [0.4, 0.5) is 11.4 Å². The molecule has 2 aromatic rings. The zero-order valence-corrected chi connectivity index (χ0v) is 14.9. The van der Waals surface area contributed by atoms with E-state index in [0.29, 0.717) is 11.4 Å². The Kier molecular flexibility index (Phi) is 4.07. The SMILES string of the molecule is O=S(=O)(NCC1([C@@H](O)c2ccccc2)CC1)c1cccc2c1N=S=N2. The van der Waals surface area contributed by atoms with Crippen molar-refractivity contribution in [3.63, 3.8) is 0 Å². The molecule has 0 saturated heterocycles. The predicted octanol–water partition coefficient (Wildman–Crippen LogP) is 3.21. The van der Waals surface area contributed by atoms with E-state index in [-0.39, 0.29) is 11.4 Å². The van der Waals surface area contributed by atoms with Crippen LogP contribution >= 0.6 is 0 Å². The van der Waals surface area contributed by atoms with Crippen LogP contribution < -0.4 is 4.72 Å². The molecule has 0 bridgehead atoms. The lowest BCUT2D eigenvalue weighted by Crippen LogP contribution is -2.33. The molecule has 0 unspecified atom stereocenters. The largest absolute Gasteiger partial charge is 0.388 e. The van der Waals surface area contributed by atoms with Crippen LogP contribution in [0.3, 0.4) is 0 Å². The Bertz CT molecular complexity index is 979.